The summed E-state index contributed by atoms with van der Waals surface area (Å²) in [6.45, 7) is 0. The molecule has 0 heterocycles. The Balaban J connectivity index is 2.24. The molecule has 0 bridgehead atoms. The molecule has 1 rings (SSSR count). The van der Waals surface area contributed by atoms with E-state index in [1.54, 1.807) is 0 Å². The van der Waals surface area contributed by atoms with Gasteiger partial charge in [-0.2, -0.15) is 0 Å². The quantitative estimate of drug-likeness (QED) is 0.412. The minimum atomic E-state index is -2.69. The van der Waals surface area contributed by atoms with Crippen molar-refractivity contribution in [1.29, 1.82) is 0 Å². The highest BCUT2D eigenvalue weighted by Crippen LogP contribution is 2.18. The second-order valence-corrected chi connectivity index (χ2v) is 3.11. The first kappa shape index (κ1) is 8.93. The molecule has 1 aliphatic carbocycles. The molecule has 0 amide bonds. The highest BCUT2D eigenvalue weighted by Gasteiger charge is 2.24. The van der Waals surface area contributed by atoms with Gasteiger partial charge in [-0.25, -0.2) is 5.32 Å². The Kier molecular flexibility index (Phi) is 2.84. The predicted octanol–water partition coefficient (Wildman–Crippen LogP) is -0.503. The molecule has 0 unspecified atom stereocenters. The van der Waals surface area contributed by atoms with E-state index in [-0.39, 0.29) is 6.04 Å². The lowest BCUT2D eigenvalue weighted by Gasteiger charge is -2.27. The third-order valence-electron chi connectivity index (χ3n) is 2.00. The van der Waals surface area contributed by atoms with Crippen LogP contribution in [0.2, 0.25) is 0 Å². The van der Waals surface area contributed by atoms with E-state index in [1.807, 2.05) is 0 Å². The molecule has 4 heteroatoms. The number of nitrogens with one attached hydrogen (secondary N) is 1. The van der Waals surface area contributed by atoms with Crippen molar-refractivity contribution in [2.45, 2.75) is 44.2 Å². The Hall–Kier alpha value is -0.160. The van der Waals surface area contributed by atoms with Gasteiger partial charge in [0.15, 0.2) is 0 Å². The van der Waals surface area contributed by atoms with E-state index < -0.39 is 6.10 Å². The zero-order valence-electron chi connectivity index (χ0n) is 6.45. The molecular weight excluding hydrogens is 146 g/mol. The van der Waals surface area contributed by atoms with Crippen molar-refractivity contribution in [1.82, 2.24) is 5.32 Å². The zero-order valence-corrected chi connectivity index (χ0v) is 6.45. The first-order chi connectivity index (χ1) is 5.08. The van der Waals surface area contributed by atoms with Crippen molar-refractivity contribution in [2.24, 2.45) is 0 Å². The monoisotopic (exact) mass is 161 g/mol. The molecule has 0 radical (unpaired) electrons. The van der Waals surface area contributed by atoms with Crippen molar-refractivity contribution in [3.05, 3.63) is 0 Å². The van der Waals surface area contributed by atoms with Crippen LogP contribution >= 0.6 is 0 Å². The maximum Gasteiger partial charge on any atom is 0.343 e. The van der Waals surface area contributed by atoms with Crippen molar-refractivity contribution >= 4 is 0 Å². The third-order valence-corrected chi connectivity index (χ3v) is 2.00. The van der Waals surface area contributed by atoms with Crippen LogP contribution in [0.4, 0.5) is 0 Å². The summed E-state index contributed by atoms with van der Waals surface area (Å²) in [6, 6.07) is 0.0451. The maximum absolute atomic E-state index is 8.57. The highest BCUT2D eigenvalue weighted by molar-refractivity contribution is 4.71. The Labute approximate surface area is 65.9 Å². The molecule has 0 aromatic heterocycles. The van der Waals surface area contributed by atoms with E-state index in [2.05, 4.69) is 5.32 Å². The fourth-order valence-electron chi connectivity index (χ4n) is 1.52. The molecule has 66 valence electrons. The van der Waals surface area contributed by atoms with Crippen LogP contribution in [-0.4, -0.2) is 27.5 Å². The number of hydrogen-bond donors (Lipinski definition) is 4. The van der Waals surface area contributed by atoms with Gasteiger partial charge in [0.2, 0.25) is 0 Å². The molecule has 1 fully saturated rings. The van der Waals surface area contributed by atoms with Crippen LogP contribution in [0.1, 0.15) is 32.1 Å². The van der Waals surface area contributed by atoms with Gasteiger partial charge in [-0.1, -0.05) is 19.3 Å². The fourth-order valence-corrected chi connectivity index (χ4v) is 1.52. The van der Waals surface area contributed by atoms with Gasteiger partial charge < -0.3 is 15.3 Å². The molecule has 0 atom stereocenters. The molecule has 0 aliphatic heterocycles. The van der Waals surface area contributed by atoms with Gasteiger partial charge in [-0.15, -0.1) is 0 Å². The van der Waals surface area contributed by atoms with Crippen LogP contribution in [0.25, 0.3) is 0 Å². The van der Waals surface area contributed by atoms with Crippen LogP contribution in [0, 0.1) is 0 Å². The second kappa shape index (κ2) is 3.49. The second-order valence-electron chi connectivity index (χ2n) is 3.11. The largest absolute Gasteiger partial charge is 0.343 e. The molecule has 0 aromatic rings. The van der Waals surface area contributed by atoms with Crippen LogP contribution in [-0.2, 0) is 0 Å². The minimum absolute atomic E-state index is 0.0451. The van der Waals surface area contributed by atoms with E-state index >= 15 is 0 Å². The molecule has 4 nitrogen and oxygen atoms in total. The smallest absolute Gasteiger partial charge is 0.330 e. The molecule has 1 saturated carbocycles. The summed E-state index contributed by atoms with van der Waals surface area (Å²) in [6.07, 6.45) is 2.50. The van der Waals surface area contributed by atoms with Gasteiger partial charge in [0.25, 0.3) is 0 Å². The molecule has 0 aromatic carbocycles. The summed E-state index contributed by atoms with van der Waals surface area (Å²) in [5.74, 6) is 0. The molecule has 4 N–H and O–H groups in total. The van der Waals surface area contributed by atoms with Gasteiger partial charge >= 0.3 is 6.10 Å². The first-order valence-corrected chi connectivity index (χ1v) is 4.03. The van der Waals surface area contributed by atoms with E-state index in [4.69, 9.17) is 15.3 Å². The van der Waals surface area contributed by atoms with Crippen LogP contribution in [0.15, 0.2) is 0 Å². The standard InChI is InChI=1S/C7H15NO3/c9-7(10,11)8-6-4-2-1-3-5-6/h6,8-11H,1-5H2. The molecule has 0 saturated heterocycles. The lowest BCUT2D eigenvalue weighted by Crippen LogP contribution is -2.50. The fraction of sp³-hybridized carbons (Fsp3) is 1.00. The Morgan fingerprint density at radius 1 is 1.00 bits per heavy atom. The number of aliphatic hydroxyl groups is 3. The molecule has 0 spiro atoms. The van der Waals surface area contributed by atoms with Crippen LogP contribution in [0.3, 0.4) is 0 Å². The van der Waals surface area contributed by atoms with Gasteiger partial charge in [0.1, 0.15) is 0 Å². The maximum atomic E-state index is 8.57. The lowest BCUT2D eigenvalue weighted by atomic mass is 9.96. The van der Waals surface area contributed by atoms with Gasteiger partial charge in [0, 0.05) is 6.04 Å². The topological polar surface area (TPSA) is 72.7 Å². The highest BCUT2D eigenvalue weighted by atomic mass is 16.7. The Bertz CT molecular complexity index is 115. The lowest BCUT2D eigenvalue weighted by molar-refractivity contribution is -0.336. The number of rotatable bonds is 2. The summed E-state index contributed by atoms with van der Waals surface area (Å²) >= 11 is 0. The number of hydrogen-bond acceptors (Lipinski definition) is 4. The van der Waals surface area contributed by atoms with E-state index in [1.165, 1.54) is 6.42 Å². The predicted molar refractivity (Wildman–Crippen MR) is 39.4 cm³/mol. The van der Waals surface area contributed by atoms with Crippen LogP contribution < -0.4 is 5.32 Å². The van der Waals surface area contributed by atoms with E-state index in [0.717, 1.165) is 25.7 Å². The molecule has 11 heavy (non-hydrogen) atoms. The summed E-state index contributed by atoms with van der Waals surface area (Å²) < 4.78 is 0. The van der Waals surface area contributed by atoms with Gasteiger partial charge in [0.05, 0.1) is 0 Å². The summed E-state index contributed by atoms with van der Waals surface area (Å²) in [4.78, 5) is 0. The summed E-state index contributed by atoms with van der Waals surface area (Å²) in [7, 11) is 0. The van der Waals surface area contributed by atoms with Crippen molar-refractivity contribution in [3.8, 4) is 0 Å². The Morgan fingerprint density at radius 2 is 1.55 bits per heavy atom. The zero-order chi connectivity index (χ0) is 8.32. The van der Waals surface area contributed by atoms with Crippen molar-refractivity contribution in [2.75, 3.05) is 0 Å². The normalized spacial score (nSPS) is 22.1. The van der Waals surface area contributed by atoms with E-state index in [9.17, 15) is 0 Å². The van der Waals surface area contributed by atoms with Crippen molar-refractivity contribution in [3.63, 3.8) is 0 Å². The summed E-state index contributed by atoms with van der Waals surface area (Å²) in [5, 5.41) is 28.0. The van der Waals surface area contributed by atoms with Crippen LogP contribution in [0.5, 0.6) is 0 Å². The minimum Gasteiger partial charge on any atom is -0.330 e. The first-order valence-electron chi connectivity index (χ1n) is 4.03. The van der Waals surface area contributed by atoms with Gasteiger partial charge in [-0.3, -0.25) is 0 Å². The Morgan fingerprint density at radius 3 is 2.00 bits per heavy atom. The third kappa shape index (κ3) is 3.67. The average molecular weight is 161 g/mol. The average Bonchev–Trinajstić information content (AvgIpc) is 1.85. The SMILES string of the molecule is OC(O)(O)NC1CCCCC1. The molecular formula is C7H15NO3. The summed E-state index contributed by atoms with van der Waals surface area (Å²) in [5.41, 5.74) is 0. The molecule has 1 aliphatic rings. The van der Waals surface area contributed by atoms with Gasteiger partial charge in [-0.05, 0) is 12.8 Å². The van der Waals surface area contributed by atoms with E-state index in [0.29, 0.717) is 0 Å². The van der Waals surface area contributed by atoms with Crippen molar-refractivity contribution < 1.29 is 15.3 Å².